The molecule has 0 aliphatic carbocycles. The zero-order chi connectivity index (χ0) is 19.8. The van der Waals surface area contributed by atoms with Gasteiger partial charge in [0.05, 0.1) is 24.3 Å². The Morgan fingerprint density at radius 2 is 2.00 bits per heavy atom. The number of benzene rings is 2. The first kappa shape index (κ1) is 19.3. The maximum atomic E-state index is 9.70. The molecule has 2 aromatic carbocycles. The van der Waals surface area contributed by atoms with Crippen LogP contribution in [-0.2, 0) is 0 Å². The molecule has 1 heterocycles. The van der Waals surface area contributed by atoms with Crippen LogP contribution in [0.3, 0.4) is 0 Å². The van der Waals surface area contributed by atoms with Crippen LogP contribution in [-0.4, -0.2) is 19.7 Å². The zero-order valence-electron chi connectivity index (χ0n) is 16.3. The van der Waals surface area contributed by atoms with E-state index in [1.54, 1.807) is 7.11 Å². The van der Waals surface area contributed by atoms with E-state index in [1.165, 1.54) is 5.57 Å². The molecule has 138 valence electrons. The van der Waals surface area contributed by atoms with E-state index in [1.807, 2.05) is 30.3 Å². The Kier molecular flexibility index (Phi) is 5.17. The molecule has 4 heteroatoms. The van der Waals surface area contributed by atoms with Crippen molar-refractivity contribution >= 4 is 38.8 Å². The number of likely N-dealkylation sites (N-methyl/N-ethyl adjacent to an activating group) is 1. The molecule has 0 amide bonds. The Labute approximate surface area is 169 Å². The number of rotatable bonds is 3. The molecule has 0 unspecified atom stereocenters. The van der Waals surface area contributed by atoms with E-state index < -0.39 is 0 Å². The highest BCUT2D eigenvalue weighted by Crippen LogP contribution is 2.42. The Morgan fingerprint density at radius 1 is 1.26 bits per heavy atom. The molecular weight excluding hydrogens is 400 g/mol. The standard InChI is InChI=1S/C23H23BrN2O/c1-15-13-23(2,3)26(4)21-12-22(27-5)17(11-20(15)21)9-18(14-25)16-7-6-8-19(24)10-16/h6-13H,1-5H3/b18-9+. The molecule has 3 nitrogen and oxygen atoms in total. The second-order valence-electron chi connectivity index (χ2n) is 7.33. The Balaban J connectivity index is 2.17. The molecule has 2 aromatic rings. The minimum absolute atomic E-state index is 0.0619. The van der Waals surface area contributed by atoms with E-state index in [2.05, 4.69) is 72.9 Å². The van der Waals surface area contributed by atoms with Gasteiger partial charge in [0.1, 0.15) is 5.75 Å². The fraction of sp³-hybridized carbons (Fsp3) is 0.261. The lowest BCUT2D eigenvalue weighted by Crippen LogP contribution is -2.42. The van der Waals surface area contributed by atoms with Crippen molar-refractivity contribution in [2.24, 2.45) is 0 Å². The molecule has 27 heavy (non-hydrogen) atoms. The molecule has 0 fully saturated rings. The second kappa shape index (κ2) is 7.25. The van der Waals surface area contributed by atoms with Gasteiger partial charge in [-0.3, -0.25) is 0 Å². The van der Waals surface area contributed by atoms with Gasteiger partial charge in [-0.1, -0.05) is 34.1 Å². The SMILES string of the molecule is COc1cc2c(cc1/C=C(\C#N)c1cccc(Br)c1)C(C)=CC(C)(C)N2C. The van der Waals surface area contributed by atoms with E-state index in [0.29, 0.717) is 5.57 Å². The van der Waals surface area contributed by atoms with Crippen LogP contribution < -0.4 is 9.64 Å². The summed E-state index contributed by atoms with van der Waals surface area (Å²) in [7, 11) is 3.76. The smallest absolute Gasteiger partial charge is 0.128 e. The van der Waals surface area contributed by atoms with E-state index >= 15 is 0 Å². The van der Waals surface area contributed by atoms with Crippen molar-refractivity contribution in [1.29, 1.82) is 5.26 Å². The molecular formula is C23H23BrN2O. The fourth-order valence-corrected chi connectivity index (χ4v) is 3.87. The van der Waals surface area contributed by atoms with Crippen molar-refractivity contribution in [2.75, 3.05) is 19.1 Å². The third-order valence-electron chi connectivity index (χ3n) is 5.12. The Bertz CT molecular complexity index is 996. The summed E-state index contributed by atoms with van der Waals surface area (Å²) in [5.41, 5.74) is 5.83. The van der Waals surface area contributed by atoms with Crippen molar-refractivity contribution in [3.05, 3.63) is 63.6 Å². The first-order chi connectivity index (χ1) is 12.8. The summed E-state index contributed by atoms with van der Waals surface area (Å²) in [6, 6.07) is 14.3. The van der Waals surface area contributed by atoms with Gasteiger partial charge >= 0.3 is 0 Å². The van der Waals surface area contributed by atoms with Gasteiger partial charge in [-0.05, 0) is 56.2 Å². The minimum atomic E-state index is -0.0619. The molecule has 0 radical (unpaired) electrons. The van der Waals surface area contributed by atoms with E-state index in [4.69, 9.17) is 4.74 Å². The molecule has 0 aromatic heterocycles. The van der Waals surface area contributed by atoms with Gasteiger partial charge in [0.15, 0.2) is 0 Å². The van der Waals surface area contributed by atoms with Crippen molar-refractivity contribution in [1.82, 2.24) is 0 Å². The van der Waals surface area contributed by atoms with E-state index in [9.17, 15) is 5.26 Å². The first-order valence-corrected chi connectivity index (χ1v) is 9.59. The summed E-state index contributed by atoms with van der Waals surface area (Å²) in [6.45, 7) is 6.52. The number of hydrogen-bond acceptors (Lipinski definition) is 3. The maximum Gasteiger partial charge on any atom is 0.128 e. The largest absolute Gasteiger partial charge is 0.496 e. The van der Waals surface area contributed by atoms with Crippen molar-refractivity contribution in [2.45, 2.75) is 26.3 Å². The summed E-state index contributed by atoms with van der Waals surface area (Å²) in [6.07, 6.45) is 4.17. The third kappa shape index (κ3) is 3.65. The maximum absolute atomic E-state index is 9.70. The van der Waals surface area contributed by atoms with Crippen LogP contribution in [0.1, 0.15) is 37.5 Å². The van der Waals surface area contributed by atoms with Crippen LogP contribution >= 0.6 is 15.9 Å². The van der Waals surface area contributed by atoms with Crippen LogP contribution in [0.4, 0.5) is 5.69 Å². The number of halogens is 1. The molecule has 3 rings (SSSR count). The van der Waals surface area contributed by atoms with E-state index in [0.717, 1.165) is 32.6 Å². The van der Waals surface area contributed by atoms with Crippen LogP contribution in [0.5, 0.6) is 5.75 Å². The monoisotopic (exact) mass is 422 g/mol. The highest BCUT2D eigenvalue weighted by molar-refractivity contribution is 9.10. The summed E-state index contributed by atoms with van der Waals surface area (Å²) in [5, 5.41) is 9.70. The second-order valence-corrected chi connectivity index (χ2v) is 8.25. The lowest BCUT2D eigenvalue weighted by Gasteiger charge is -2.41. The zero-order valence-corrected chi connectivity index (χ0v) is 17.9. The lowest BCUT2D eigenvalue weighted by molar-refractivity contribution is 0.413. The van der Waals surface area contributed by atoms with Gasteiger partial charge < -0.3 is 9.64 Å². The third-order valence-corrected chi connectivity index (χ3v) is 5.62. The van der Waals surface area contributed by atoms with Gasteiger partial charge in [-0.25, -0.2) is 0 Å². The number of anilines is 1. The number of allylic oxidation sites excluding steroid dienone is 2. The highest BCUT2D eigenvalue weighted by atomic mass is 79.9. The molecule has 0 N–H and O–H groups in total. The quantitative estimate of drug-likeness (QED) is 0.439. The summed E-state index contributed by atoms with van der Waals surface area (Å²) >= 11 is 3.47. The molecule has 1 aliphatic rings. The van der Waals surface area contributed by atoms with Crippen molar-refractivity contribution in [3.8, 4) is 11.8 Å². The van der Waals surface area contributed by atoms with Gasteiger partial charge in [-0.15, -0.1) is 0 Å². The summed E-state index contributed by atoms with van der Waals surface area (Å²) in [5.74, 6) is 0.758. The normalized spacial score (nSPS) is 15.7. The van der Waals surface area contributed by atoms with Crippen molar-refractivity contribution in [3.63, 3.8) is 0 Å². The average molecular weight is 423 g/mol. The fourth-order valence-electron chi connectivity index (χ4n) is 3.48. The predicted molar refractivity (Wildman–Crippen MR) is 117 cm³/mol. The average Bonchev–Trinajstić information content (AvgIpc) is 2.63. The van der Waals surface area contributed by atoms with Crippen LogP contribution in [0.25, 0.3) is 17.2 Å². The summed E-state index contributed by atoms with van der Waals surface area (Å²) in [4.78, 5) is 2.25. The number of nitrogens with zero attached hydrogens (tertiary/aromatic N) is 2. The molecule has 1 aliphatic heterocycles. The number of methoxy groups -OCH3 is 1. The topological polar surface area (TPSA) is 36.3 Å². The van der Waals surface area contributed by atoms with Gasteiger partial charge in [0.25, 0.3) is 0 Å². The Hall–Kier alpha value is -2.51. The molecule has 0 saturated carbocycles. The molecule has 0 saturated heterocycles. The molecule has 0 bridgehead atoms. The van der Waals surface area contributed by atoms with E-state index in [-0.39, 0.29) is 5.54 Å². The first-order valence-electron chi connectivity index (χ1n) is 8.80. The van der Waals surface area contributed by atoms with Gasteiger partial charge in [0, 0.05) is 34.4 Å². The number of nitriles is 1. The predicted octanol–water partition coefficient (Wildman–Crippen LogP) is 6.15. The van der Waals surface area contributed by atoms with Crippen LogP contribution in [0.2, 0.25) is 0 Å². The molecule has 0 atom stereocenters. The van der Waals surface area contributed by atoms with Gasteiger partial charge in [0.2, 0.25) is 0 Å². The van der Waals surface area contributed by atoms with Gasteiger partial charge in [-0.2, -0.15) is 5.26 Å². The number of fused-ring (bicyclic) bond motifs is 1. The lowest BCUT2D eigenvalue weighted by atomic mass is 9.88. The van der Waals surface area contributed by atoms with Crippen LogP contribution in [0.15, 0.2) is 46.9 Å². The number of hydrogen-bond donors (Lipinski definition) is 0. The highest BCUT2D eigenvalue weighted by Gasteiger charge is 2.29. The van der Waals surface area contributed by atoms with Crippen molar-refractivity contribution < 1.29 is 4.74 Å². The minimum Gasteiger partial charge on any atom is -0.496 e. The Morgan fingerprint density at radius 3 is 2.63 bits per heavy atom. The number of ether oxygens (including phenoxy) is 1. The van der Waals surface area contributed by atoms with Crippen LogP contribution in [0, 0.1) is 11.3 Å². The molecule has 0 spiro atoms. The summed E-state index contributed by atoms with van der Waals surface area (Å²) < 4.78 is 6.60.